The number of carbonyl (C=O) groups excluding carboxylic acids is 1. The number of hydrogen-bond donors (Lipinski definition) is 1. The predicted molar refractivity (Wildman–Crippen MR) is 133 cm³/mol. The number of benzene rings is 1. The molecule has 14 heteroatoms. The van der Waals surface area contributed by atoms with Crippen molar-refractivity contribution in [2.45, 2.75) is 61.4 Å². The minimum Gasteiger partial charge on any atom is -0.328 e. The van der Waals surface area contributed by atoms with Gasteiger partial charge in [-0.25, -0.2) is 17.6 Å². The summed E-state index contributed by atoms with van der Waals surface area (Å²) in [6.45, 7) is 2.82. The van der Waals surface area contributed by atoms with Crippen molar-refractivity contribution in [3.8, 4) is 0 Å². The van der Waals surface area contributed by atoms with Gasteiger partial charge in [0.1, 0.15) is 22.4 Å². The number of amides is 2. The number of piperidine rings is 1. The molecule has 0 radical (unpaired) electrons. The van der Waals surface area contributed by atoms with Gasteiger partial charge in [-0.2, -0.15) is 17.5 Å². The molecule has 5 fully saturated rings. The van der Waals surface area contributed by atoms with E-state index in [-0.39, 0.29) is 36.0 Å². The molecule has 1 aromatic heterocycles. The molecular formula is C26H30F4N6O3S. The van der Waals surface area contributed by atoms with Crippen molar-refractivity contribution < 1.29 is 30.8 Å². The normalized spacial score (nSPS) is 24.6. The maximum Gasteiger partial charge on any atom is 0.416 e. The minimum absolute atomic E-state index is 0.0114. The van der Waals surface area contributed by atoms with Crippen LogP contribution in [0.1, 0.15) is 67.6 Å². The fourth-order valence-corrected chi connectivity index (χ4v) is 8.48. The molecule has 1 N–H and O–H groups in total. The van der Waals surface area contributed by atoms with E-state index in [1.54, 1.807) is 4.90 Å². The molecule has 3 saturated heterocycles. The molecule has 9 nitrogen and oxygen atoms in total. The van der Waals surface area contributed by atoms with E-state index in [0.29, 0.717) is 49.9 Å². The number of sulfonamides is 1. The molecule has 2 aromatic rings. The zero-order valence-electron chi connectivity index (χ0n) is 21.8. The molecule has 2 spiro atoms. The van der Waals surface area contributed by atoms with Crippen LogP contribution in [0, 0.1) is 16.6 Å². The van der Waals surface area contributed by atoms with Crippen LogP contribution in [-0.2, 0) is 16.2 Å². The molecule has 0 unspecified atom stereocenters. The van der Waals surface area contributed by atoms with E-state index < -0.39 is 32.5 Å². The van der Waals surface area contributed by atoms with Gasteiger partial charge >= 0.3 is 12.2 Å². The fraction of sp³-hybridized carbons (Fsp3) is 0.654. The second kappa shape index (κ2) is 8.63. The lowest BCUT2D eigenvalue weighted by molar-refractivity contribution is -0.137. The summed E-state index contributed by atoms with van der Waals surface area (Å²) in [7, 11) is -4.27. The maximum atomic E-state index is 14.4. The second-order valence-corrected chi connectivity index (χ2v) is 14.4. The number of likely N-dealkylation sites (tertiary alicyclic amines) is 2. The van der Waals surface area contributed by atoms with E-state index in [0.717, 1.165) is 41.9 Å². The van der Waals surface area contributed by atoms with Gasteiger partial charge in [0.05, 0.1) is 5.56 Å². The van der Waals surface area contributed by atoms with Gasteiger partial charge in [-0.05, 0) is 56.7 Å². The van der Waals surface area contributed by atoms with Crippen LogP contribution in [0.25, 0.3) is 0 Å². The van der Waals surface area contributed by atoms with E-state index in [9.17, 15) is 30.8 Å². The van der Waals surface area contributed by atoms with Gasteiger partial charge in [0.2, 0.25) is 10.0 Å². The van der Waals surface area contributed by atoms with E-state index >= 15 is 0 Å². The van der Waals surface area contributed by atoms with Crippen LogP contribution in [0.15, 0.2) is 23.1 Å². The van der Waals surface area contributed by atoms with Crippen molar-refractivity contribution in [2.75, 3.05) is 39.3 Å². The standard InChI is InChI=1S/C26H30F4N6O3S/c27-19-9-18(26(28,29)30)3-4-20(19)40(38,39)36-7-5-24(6-8-36)12-34(13-24)23(37)35-14-25(15-35)10-17(11-25)22-31-21(32-33-22)16-1-2-16/h3-4,9,16-17H,1-2,5-8,10-15H2,(H,31,32,33). The maximum absolute atomic E-state index is 14.4. The number of urea groups is 1. The van der Waals surface area contributed by atoms with Crippen molar-refractivity contribution in [3.05, 3.63) is 41.2 Å². The minimum atomic E-state index is -4.76. The Bertz CT molecular complexity index is 1440. The lowest BCUT2D eigenvalue weighted by Gasteiger charge is -2.61. The Balaban J connectivity index is 0.887. The third kappa shape index (κ3) is 4.29. The quantitative estimate of drug-likeness (QED) is 0.551. The number of nitrogens with zero attached hydrogens (tertiary/aromatic N) is 5. The monoisotopic (exact) mass is 582 g/mol. The first kappa shape index (κ1) is 26.2. The van der Waals surface area contributed by atoms with Crippen molar-refractivity contribution in [1.82, 2.24) is 29.3 Å². The summed E-state index contributed by atoms with van der Waals surface area (Å²) >= 11 is 0. The largest absolute Gasteiger partial charge is 0.416 e. The molecule has 40 heavy (non-hydrogen) atoms. The molecule has 2 aliphatic carbocycles. The van der Waals surface area contributed by atoms with Gasteiger partial charge in [-0.3, -0.25) is 0 Å². The third-order valence-corrected chi connectivity index (χ3v) is 11.5. The van der Waals surface area contributed by atoms with Crippen LogP contribution >= 0.6 is 0 Å². The molecule has 5 aliphatic rings. The molecular weight excluding hydrogens is 552 g/mol. The van der Waals surface area contributed by atoms with Crippen LogP contribution < -0.4 is 0 Å². The molecule has 2 saturated carbocycles. The van der Waals surface area contributed by atoms with Crippen molar-refractivity contribution in [1.29, 1.82) is 0 Å². The van der Waals surface area contributed by atoms with Gasteiger partial charge < -0.3 is 14.8 Å². The highest BCUT2D eigenvalue weighted by Gasteiger charge is 2.57. The van der Waals surface area contributed by atoms with Crippen molar-refractivity contribution in [2.24, 2.45) is 10.8 Å². The molecule has 3 aliphatic heterocycles. The summed E-state index contributed by atoms with van der Waals surface area (Å²) in [5.74, 6) is 1.48. The number of aromatic nitrogens is 3. The van der Waals surface area contributed by atoms with Crippen LogP contribution in [0.5, 0.6) is 0 Å². The lowest BCUT2D eigenvalue weighted by Crippen LogP contribution is -2.70. The summed E-state index contributed by atoms with van der Waals surface area (Å²) in [5, 5.41) is 8.62. The smallest absolute Gasteiger partial charge is 0.328 e. The number of rotatable bonds is 4. The Morgan fingerprint density at radius 2 is 1.50 bits per heavy atom. The Morgan fingerprint density at radius 1 is 0.925 bits per heavy atom. The highest BCUT2D eigenvalue weighted by Crippen LogP contribution is 2.56. The van der Waals surface area contributed by atoms with Crippen LogP contribution in [0.4, 0.5) is 22.4 Å². The Labute approximate surface area is 229 Å². The number of H-pyrrole nitrogens is 1. The zero-order valence-corrected chi connectivity index (χ0v) is 22.6. The third-order valence-electron chi connectivity index (χ3n) is 9.54. The molecule has 4 heterocycles. The highest BCUT2D eigenvalue weighted by molar-refractivity contribution is 7.89. The molecule has 0 bridgehead atoms. The lowest BCUT2D eigenvalue weighted by atomic mass is 9.57. The van der Waals surface area contributed by atoms with E-state index in [1.165, 1.54) is 12.8 Å². The van der Waals surface area contributed by atoms with Crippen LogP contribution in [-0.4, -0.2) is 83.0 Å². The summed E-state index contributed by atoms with van der Waals surface area (Å²) in [6, 6.07) is 1.50. The van der Waals surface area contributed by atoms with Gasteiger partial charge in [-0.15, -0.1) is 10.2 Å². The summed E-state index contributed by atoms with van der Waals surface area (Å²) < 4.78 is 80.0. The first-order valence-corrected chi connectivity index (χ1v) is 15.1. The van der Waals surface area contributed by atoms with Gasteiger partial charge in [0.15, 0.2) is 0 Å². The summed E-state index contributed by atoms with van der Waals surface area (Å²) in [6.07, 6.45) is 0.611. The van der Waals surface area contributed by atoms with Crippen molar-refractivity contribution in [3.63, 3.8) is 0 Å². The van der Waals surface area contributed by atoms with E-state index in [2.05, 4.69) is 15.2 Å². The number of nitrogens with one attached hydrogen (secondary N) is 1. The van der Waals surface area contributed by atoms with Gasteiger partial charge in [-0.1, -0.05) is 0 Å². The number of alkyl halides is 3. The zero-order chi connectivity index (χ0) is 28.1. The molecule has 2 amide bonds. The molecule has 0 atom stereocenters. The molecule has 1 aromatic carbocycles. The summed E-state index contributed by atoms with van der Waals surface area (Å²) in [4.78, 5) is 19.4. The number of aromatic amines is 1. The average molecular weight is 583 g/mol. The molecule has 7 rings (SSSR count). The Hall–Kier alpha value is -2.74. The van der Waals surface area contributed by atoms with Crippen LogP contribution in [0.3, 0.4) is 0 Å². The second-order valence-electron chi connectivity index (χ2n) is 12.5. The van der Waals surface area contributed by atoms with Crippen molar-refractivity contribution >= 4 is 16.1 Å². The Morgan fingerprint density at radius 3 is 2.05 bits per heavy atom. The summed E-state index contributed by atoms with van der Waals surface area (Å²) in [5.41, 5.74) is -1.25. The highest BCUT2D eigenvalue weighted by atomic mass is 32.2. The topological polar surface area (TPSA) is 102 Å². The first-order valence-electron chi connectivity index (χ1n) is 13.7. The van der Waals surface area contributed by atoms with Gasteiger partial charge in [0.25, 0.3) is 0 Å². The number of hydrogen-bond acceptors (Lipinski definition) is 5. The van der Waals surface area contributed by atoms with Gasteiger partial charge in [0, 0.05) is 61.9 Å². The number of carbonyl (C=O) groups is 1. The number of halogens is 4. The first-order chi connectivity index (χ1) is 18.9. The molecule has 216 valence electrons. The average Bonchev–Trinajstić information content (AvgIpc) is 3.57. The predicted octanol–water partition coefficient (Wildman–Crippen LogP) is 3.93. The fourth-order valence-electron chi connectivity index (χ4n) is 6.99. The van der Waals surface area contributed by atoms with Crippen LogP contribution in [0.2, 0.25) is 0 Å². The van der Waals surface area contributed by atoms with E-state index in [1.807, 2.05) is 4.90 Å². The SMILES string of the molecule is O=C(N1CC2(CCN(S(=O)(=O)c3ccc(C(F)(F)F)cc3F)CC2)C1)N1CC2(CC(c3nnc(C4CC4)[nH]3)C2)C1. The Kier molecular flexibility index (Phi) is 5.65. The van der Waals surface area contributed by atoms with E-state index in [4.69, 9.17) is 0 Å².